The molecule has 0 spiro atoms. The normalized spacial score (nSPS) is 12.3. The minimum absolute atomic E-state index is 0.114. The molecule has 3 rings (SSSR count). The van der Waals surface area contributed by atoms with E-state index in [4.69, 9.17) is 14.2 Å². The molecule has 1 heterocycles. The van der Waals surface area contributed by atoms with Crippen molar-refractivity contribution in [3.8, 4) is 17.2 Å². The van der Waals surface area contributed by atoms with Crippen molar-refractivity contribution in [3.63, 3.8) is 0 Å². The predicted molar refractivity (Wildman–Crippen MR) is 114 cm³/mol. The second kappa shape index (κ2) is 9.49. The number of hydrogen-bond acceptors (Lipinski definition) is 6. The van der Waals surface area contributed by atoms with E-state index in [0.29, 0.717) is 29.5 Å². The van der Waals surface area contributed by atoms with Crippen LogP contribution in [0, 0.1) is 0 Å². The van der Waals surface area contributed by atoms with Gasteiger partial charge in [0.1, 0.15) is 12.4 Å². The van der Waals surface area contributed by atoms with Gasteiger partial charge >= 0.3 is 0 Å². The van der Waals surface area contributed by atoms with Crippen LogP contribution in [0.25, 0.3) is 0 Å². The molecule has 158 valence electrons. The molecule has 0 radical (unpaired) electrons. The first-order chi connectivity index (χ1) is 14.4. The number of nitrogens with zero attached hydrogens (tertiary/aromatic N) is 1. The number of amides is 1. The Bertz CT molecular complexity index is 1050. The van der Waals surface area contributed by atoms with E-state index < -0.39 is 9.84 Å². The fourth-order valence-electron chi connectivity index (χ4n) is 2.92. The second-order valence-electron chi connectivity index (χ2n) is 6.51. The summed E-state index contributed by atoms with van der Waals surface area (Å²) in [6.45, 7) is 7.58. The number of carbonyl (C=O) groups is 1. The third-order valence-electron chi connectivity index (χ3n) is 4.48. The third kappa shape index (κ3) is 5.21. The van der Waals surface area contributed by atoms with E-state index in [1.807, 2.05) is 24.3 Å². The minimum Gasteiger partial charge on any atom is -0.489 e. The summed E-state index contributed by atoms with van der Waals surface area (Å²) in [7, 11) is -3.50. The Morgan fingerprint density at radius 1 is 1.13 bits per heavy atom. The largest absolute Gasteiger partial charge is 0.489 e. The Kier molecular flexibility index (Phi) is 6.79. The summed E-state index contributed by atoms with van der Waals surface area (Å²) >= 11 is 0. The Morgan fingerprint density at radius 3 is 2.67 bits per heavy atom. The lowest BCUT2D eigenvalue weighted by Gasteiger charge is -2.24. The maximum Gasteiger partial charge on any atom is 0.231 e. The smallest absolute Gasteiger partial charge is 0.231 e. The molecule has 0 bridgehead atoms. The molecular formula is C22H23NO6S. The standard InChI is InChI=1S/C22H23NO6S/c1-3-12-27-19-8-6-5-7-17(19)15-23(22(24)11-13-30(25,26)4-2)18-9-10-20-21(14-18)29-16-28-20/h3-10,14H,1-2,11-13,15-16H2. The number of para-hydroxylation sites is 1. The maximum absolute atomic E-state index is 13.0. The van der Waals surface area contributed by atoms with Crippen LogP contribution in [0.2, 0.25) is 0 Å². The van der Waals surface area contributed by atoms with Gasteiger partial charge in [0.25, 0.3) is 0 Å². The summed E-state index contributed by atoms with van der Waals surface area (Å²) in [5.41, 5.74) is 1.34. The summed E-state index contributed by atoms with van der Waals surface area (Å²) in [5.74, 6) is 1.08. The molecule has 0 saturated carbocycles. The van der Waals surface area contributed by atoms with Gasteiger partial charge in [0, 0.05) is 29.1 Å². The highest BCUT2D eigenvalue weighted by Crippen LogP contribution is 2.36. The molecule has 0 atom stereocenters. The van der Waals surface area contributed by atoms with Crippen LogP contribution in [-0.2, 0) is 21.2 Å². The number of carbonyl (C=O) groups excluding carboxylic acids is 1. The first-order valence-corrected chi connectivity index (χ1v) is 11.0. The molecule has 0 unspecified atom stereocenters. The van der Waals surface area contributed by atoms with Crippen molar-refractivity contribution >= 4 is 21.4 Å². The van der Waals surface area contributed by atoms with Crippen LogP contribution in [0.5, 0.6) is 17.2 Å². The summed E-state index contributed by atoms with van der Waals surface area (Å²) < 4.78 is 40.0. The summed E-state index contributed by atoms with van der Waals surface area (Å²) in [5, 5.41) is 0.865. The molecule has 0 fully saturated rings. The number of rotatable bonds is 10. The maximum atomic E-state index is 13.0. The molecule has 8 heteroatoms. The zero-order valence-electron chi connectivity index (χ0n) is 16.5. The fourth-order valence-corrected chi connectivity index (χ4v) is 3.54. The van der Waals surface area contributed by atoms with E-state index >= 15 is 0 Å². The van der Waals surface area contributed by atoms with E-state index in [2.05, 4.69) is 13.2 Å². The average molecular weight is 429 g/mol. The van der Waals surface area contributed by atoms with E-state index in [0.717, 1.165) is 11.0 Å². The van der Waals surface area contributed by atoms with Gasteiger partial charge in [-0.25, -0.2) is 8.42 Å². The van der Waals surface area contributed by atoms with Gasteiger partial charge in [0.2, 0.25) is 12.7 Å². The summed E-state index contributed by atoms with van der Waals surface area (Å²) in [6, 6.07) is 12.5. The predicted octanol–water partition coefficient (Wildman–Crippen LogP) is 3.46. The Morgan fingerprint density at radius 2 is 1.90 bits per heavy atom. The van der Waals surface area contributed by atoms with Gasteiger partial charge in [0.05, 0.1) is 12.3 Å². The molecule has 2 aromatic rings. The SMILES string of the molecule is C=CCOc1ccccc1CN(C(=O)CCS(=O)(=O)C=C)c1ccc2c(c1)OCO2. The molecule has 7 nitrogen and oxygen atoms in total. The van der Waals surface area contributed by atoms with Gasteiger partial charge in [-0.05, 0) is 18.2 Å². The van der Waals surface area contributed by atoms with Crippen LogP contribution in [0.15, 0.2) is 67.1 Å². The quantitative estimate of drug-likeness (QED) is 0.538. The van der Waals surface area contributed by atoms with Crippen molar-refractivity contribution in [2.45, 2.75) is 13.0 Å². The summed E-state index contributed by atoms with van der Waals surface area (Å²) in [4.78, 5) is 14.5. The number of sulfone groups is 1. The number of ether oxygens (including phenoxy) is 3. The van der Waals surface area contributed by atoms with E-state index in [1.165, 1.54) is 4.90 Å². The lowest BCUT2D eigenvalue weighted by molar-refractivity contribution is -0.118. The Labute approximate surface area is 176 Å². The molecule has 30 heavy (non-hydrogen) atoms. The zero-order chi connectivity index (χ0) is 21.6. The molecular weight excluding hydrogens is 406 g/mol. The fraction of sp³-hybridized carbons (Fsp3) is 0.227. The Balaban J connectivity index is 1.91. The van der Waals surface area contributed by atoms with E-state index in [1.54, 1.807) is 24.3 Å². The van der Waals surface area contributed by atoms with Crippen molar-refractivity contribution in [2.75, 3.05) is 24.1 Å². The minimum atomic E-state index is -3.50. The van der Waals surface area contributed by atoms with E-state index in [9.17, 15) is 13.2 Å². The van der Waals surface area contributed by atoms with Crippen LogP contribution in [0.4, 0.5) is 5.69 Å². The van der Waals surface area contributed by atoms with Gasteiger partial charge in [-0.1, -0.05) is 37.4 Å². The lowest BCUT2D eigenvalue weighted by Crippen LogP contribution is -2.31. The van der Waals surface area contributed by atoms with Crippen LogP contribution in [-0.4, -0.2) is 33.5 Å². The van der Waals surface area contributed by atoms with Crippen molar-refractivity contribution in [2.24, 2.45) is 0 Å². The highest BCUT2D eigenvalue weighted by Gasteiger charge is 2.23. The van der Waals surface area contributed by atoms with Gasteiger partial charge in [-0.15, -0.1) is 0 Å². The summed E-state index contributed by atoms with van der Waals surface area (Å²) in [6.07, 6.45) is 1.45. The number of hydrogen-bond donors (Lipinski definition) is 0. The first-order valence-electron chi connectivity index (χ1n) is 9.30. The molecule has 0 aromatic heterocycles. The highest BCUT2D eigenvalue weighted by molar-refractivity contribution is 7.94. The monoisotopic (exact) mass is 429 g/mol. The van der Waals surface area contributed by atoms with Crippen molar-refractivity contribution < 1.29 is 27.4 Å². The second-order valence-corrected chi connectivity index (χ2v) is 8.58. The van der Waals surface area contributed by atoms with Crippen LogP contribution in [0.3, 0.4) is 0 Å². The van der Waals surface area contributed by atoms with Crippen LogP contribution in [0.1, 0.15) is 12.0 Å². The number of benzene rings is 2. The molecule has 0 saturated heterocycles. The first kappa shape index (κ1) is 21.4. The number of anilines is 1. The van der Waals surface area contributed by atoms with Crippen molar-refractivity contribution in [1.29, 1.82) is 0 Å². The molecule has 2 aromatic carbocycles. The molecule has 0 aliphatic carbocycles. The van der Waals surface area contributed by atoms with Crippen LogP contribution >= 0.6 is 0 Å². The van der Waals surface area contributed by atoms with Gasteiger partial charge in [0.15, 0.2) is 21.3 Å². The van der Waals surface area contributed by atoms with Crippen LogP contribution < -0.4 is 19.1 Å². The lowest BCUT2D eigenvalue weighted by atomic mass is 10.1. The van der Waals surface area contributed by atoms with E-state index in [-0.39, 0.29) is 31.4 Å². The molecule has 0 N–H and O–H groups in total. The van der Waals surface area contributed by atoms with Gasteiger partial charge in [-0.2, -0.15) is 0 Å². The average Bonchev–Trinajstić information content (AvgIpc) is 3.23. The topological polar surface area (TPSA) is 82.1 Å². The van der Waals surface area contributed by atoms with Gasteiger partial charge in [-0.3, -0.25) is 4.79 Å². The van der Waals surface area contributed by atoms with Crippen molar-refractivity contribution in [3.05, 3.63) is 72.7 Å². The molecule has 1 aliphatic heterocycles. The molecule has 1 aliphatic rings. The highest BCUT2D eigenvalue weighted by atomic mass is 32.2. The van der Waals surface area contributed by atoms with Crippen molar-refractivity contribution in [1.82, 2.24) is 0 Å². The zero-order valence-corrected chi connectivity index (χ0v) is 17.3. The molecule has 1 amide bonds. The number of fused-ring (bicyclic) bond motifs is 1. The Hall–Kier alpha value is -3.26. The third-order valence-corrected chi connectivity index (χ3v) is 5.76. The van der Waals surface area contributed by atoms with Gasteiger partial charge < -0.3 is 19.1 Å².